The molecule has 0 unspecified atom stereocenters. The Labute approximate surface area is 187 Å². The highest BCUT2D eigenvalue weighted by Crippen LogP contribution is 2.46. The minimum Gasteiger partial charge on any atom is -0.366 e. The minimum atomic E-state index is -0.573. The van der Waals surface area contributed by atoms with Crippen molar-refractivity contribution < 1.29 is 8.78 Å². The maximum atomic E-state index is 14.3. The molecular formula is C27H27F2N3. The molecule has 3 saturated carbocycles. The summed E-state index contributed by atoms with van der Waals surface area (Å²) in [4.78, 5) is 9.83. The number of benzene rings is 2. The van der Waals surface area contributed by atoms with E-state index in [2.05, 4.69) is 18.3 Å². The zero-order valence-corrected chi connectivity index (χ0v) is 18.5. The number of fused-ring (bicyclic) bond motifs is 5. The lowest BCUT2D eigenvalue weighted by Crippen LogP contribution is -2.47. The van der Waals surface area contributed by atoms with Crippen molar-refractivity contribution in [2.45, 2.75) is 52.0 Å². The Morgan fingerprint density at radius 3 is 2.56 bits per heavy atom. The van der Waals surface area contributed by atoms with Gasteiger partial charge in [-0.25, -0.2) is 18.7 Å². The number of anilines is 1. The molecule has 3 aromatic rings. The topological polar surface area (TPSA) is 37.8 Å². The molecule has 0 aliphatic heterocycles. The van der Waals surface area contributed by atoms with Gasteiger partial charge in [-0.2, -0.15) is 0 Å². The first kappa shape index (κ1) is 19.8. The highest BCUT2D eigenvalue weighted by molar-refractivity contribution is 5.94. The lowest BCUT2D eigenvalue weighted by Gasteiger charge is -2.47. The van der Waals surface area contributed by atoms with Crippen LogP contribution >= 0.6 is 0 Å². The summed E-state index contributed by atoms with van der Waals surface area (Å²) in [5, 5.41) is 4.82. The van der Waals surface area contributed by atoms with E-state index < -0.39 is 11.6 Å². The lowest BCUT2D eigenvalue weighted by atomic mass is 9.62. The van der Waals surface area contributed by atoms with Crippen molar-refractivity contribution in [1.29, 1.82) is 0 Å². The molecular weight excluding hydrogens is 404 g/mol. The van der Waals surface area contributed by atoms with E-state index in [4.69, 9.17) is 9.97 Å². The van der Waals surface area contributed by atoms with Gasteiger partial charge >= 0.3 is 0 Å². The van der Waals surface area contributed by atoms with Crippen LogP contribution in [0.5, 0.6) is 0 Å². The summed E-state index contributed by atoms with van der Waals surface area (Å²) < 4.78 is 28.4. The van der Waals surface area contributed by atoms with Crippen LogP contribution in [-0.2, 0) is 6.42 Å². The third-order valence-electron chi connectivity index (χ3n) is 8.07. The predicted octanol–water partition coefficient (Wildman–Crippen LogP) is 6.44. The van der Waals surface area contributed by atoms with Crippen molar-refractivity contribution in [2.24, 2.45) is 17.8 Å². The average Bonchev–Trinajstić information content (AvgIpc) is 3.21. The number of halogens is 2. The number of hydrogen-bond acceptors (Lipinski definition) is 3. The fraction of sp³-hybridized carbons (Fsp3) is 0.407. The summed E-state index contributed by atoms with van der Waals surface area (Å²) in [6, 6.07) is 8.90. The molecule has 0 saturated heterocycles. The third kappa shape index (κ3) is 3.05. The standard InChI is InChI=1S/C27H27F2N3/c1-14-4-3-5-21-24(14)30-26(20-11-10-19-22(20)12-18(28)13-23(19)29)32-27(21)31-25-15(2)16-6-8-17(25)9-7-16/h3-5,11-13,15-17,25H,6-10H2,1-2H3,(H,30,31,32)/t15-,16?,17?,25+/m1/s1. The van der Waals surface area contributed by atoms with Crippen molar-refractivity contribution >= 4 is 22.3 Å². The molecule has 3 nitrogen and oxygen atoms in total. The van der Waals surface area contributed by atoms with Crippen LogP contribution in [0.1, 0.15) is 55.1 Å². The van der Waals surface area contributed by atoms with E-state index in [9.17, 15) is 8.78 Å². The fourth-order valence-corrected chi connectivity index (χ4v) is 6.26. The Balaban J connectivity index is 1.47. The van der Waals surface area contributed by atoms with Crippen molar-refractivity contribution in [3.63, 3.8) is 0 Å². The Morgan fingerprint density at radius 2 is 1.78 bits per heavy atom. The van der Waals surface area contributed by atoms with Gasteiger partial charge in [-0.15, -0.1) is 0 Å². The highest BCUT2D eigenvalue weighted by Gasteiger charge is 2.41. The Bertz CT molecular complexity index is 1260. The molecule has 2 bridgehead atoms. The Hall–Kier alpha value is -2.82. The summed E-state index contributed by atoms with van der Waals surface area (Å²) >= 11 is 0. The summed E-state index contributed by atoms with van der Waals surface area (Å²) in [6.07, 6.45) is 7.57. The molecule has 1 aromatic heterocycles. The number of aromatic nitrogens is 2. The Morgan fingerprint density at radius 1 is 1.00 bits per heavy atom. The van der Waals surface area contributed by atoms with Crippen LogP contribution in [0.2, 0.25) is 0 Å². The molecule has 7 rings (SSSR count). The fourth-order valence-electron chi connectivity index (χ4n) is 6.26. The van der Waals surface area contributed by atoms with Gasteiger partial charge in [0.15, 0.2) is 5.82 Å². The zero-order valence-electron chi connectivity index (χ0n) is 18.5. The number of nitrogens with one attached hydrogen (secondary N) is 1. The first-order valence-electron chi connectivity index (χ1n) is 11.7. The zero-order chi connectivity index (χ0) is 22.0. The number of para-hydroxylation sites is 1. The van der Waals surface area contributed by atoms with Crippen LogP contribution in [0, 0.1) is 36.3 Å². The van der Waals surface area contributed by atoms with Crippen LogP contribution in [0.4, 0.5) is 14.6 Å². The first-order chi connectivity index (χ1) is 15.5. The number of allylic oxidation sites excluding steroid dienone is 1. The van der Waals surface area contributed by atoms with Gasteiger partial charge in [0.2, 0.25) is 0 Å². The van der Waals surface area contributed by atoms with Crippen molar-refractivity contribution in [3.8, 4) is 0 Å². The second-order valence-corrected chi connectivity index (χ2v) is 9.81. The van der Waals surface area contributed by atoms with Gasteiger partial charge in [-0.3, -0.25) is 0 Å². The summed E-state index contributed by atoms with van der Waals surface area (Å²) in [5.41, 5.74) is 3.75. The van der Waals surface area contributed by atoms with E-state index in [1.54, 1.807) is 0 Å². The van der Waals surface area contributed by atoms with E-state index in [-0.39, 0.29) is 0 Å². The molecule has 3 fully saturated rings. The van der Waals surface area contributed by atoms with Crippen LogP contribution in [-0.4, -0.2) is 16.0 Å². The summed E-state index contributed by atoms with van der Waals surface area (Å²) in [7, 11) is 0. The third-order valence-corrected chi connectivity index (χ3v) is 8.07. The Kier molecular flexibility index (Phi) is 4.56. The smallest absolute Gasteiger partial charge is 0.162 e. The number of nitrogens with zero attached hydrogens (tertiary/aromatic N) is 2. The van der Waals surface area contributed by atoms with Crippen LogP contribution in [0.25, 0.3) is 16.5 Å². The van der Waals surface area contributed by atoms with Gasteiger partial charge < -0.3 is 5.32 Å². The van der Waals surface area contributed by atoms with Crippen LogP contribution in [0.3, 0.4) is 0 Å². The SMILES string of the molecule is Cc1cccc2c(N[C@@H]3C4CCC(CC4)[C@H]3C)nc(C3=CCc4c(F)cc(F)cc43)nc12. The molecule has 164 valence electrons. The predicted molar refractivity (Wildman–Crippen MR) is 123 cm³/mol. The second-order valence-electron chi connectivity index (χ2n) is 9.81. The molecule has 4 aliphatic rings. The molecule has 4 aliphatic carbocycles. The molecule has 32 heavy (non-hydrogen) atoms. The van der Waals surface area contributed by atoms with E-state index in [1.165, 1.54) is 31.7 Å². The van der Waals surface area contributed by atoms with Crippen LogP contribution in [0.15, 0.2) is 36.4 Å². The van der Waals surface area contributed by atoms with Gasteiger partial charge in [0.1, 0.15) is 17.5 Å². The van der Waals surface area contributed by atoms with Crippen molar-refractivity contribution in [2.75, 3.05) is 5.32 Å². The van der Waals surface area contributed by atoms with E-state index in [0.29, 0.717) is 46.8 Å². The molecule has 1 N–H and O–H groups in total. The van der Waals surface area contributed by atoms with Gasteiger partial charge in [0, 0.05) is 23.1 Å². The van der Waals surface area contributed by atoms with Gasteiger partial charge in [-0.05, 0) is 85.6 Å². The second kappa shape index (κ2) is 7.36. The largest absolute Gasteiger partial charge is 0.366 e. The quantitative estimate of drug-likeness (QED) is 0.518. The maximum Gasteiger partial charge on any atom is 0.162 e. The lowest BCUT2D eigenvalue weighted by molar-refractivity contribution is 0.0928. The average molecular weight is 432 g/mol. The van der Waals surface area contributed by atoms with E-state index in [0.717, 1.165) is 34.3 Å². The normalized spacial score (nSPS) is 26.3. The van der Waals surface area contributed by atoms with E-state index in [1.807, 2.05) is 25.1 Å². The molecule has 0 spiro atoms. The van der Waals surface area contributed by atoms with E-state index >= 15 is 0 Å². The van der Waals surface area contributed by atoms with Crippen LogP contribution < -0.4 is 5.32 Å². The monoisotopic (exact) mass is 431 g/mol. The highest BCUT2D eigenvalue weighted by atomic mass is 19.1. The summed E-state index contributed by atoms with van der Waals surface area (Å²) in [5.74, 6) is 2.35. The van der Waals surface area contributed by atoms with Crippen molar-refractivity contribution in [1.82, 2.24) is 9.97 Å². The first-order valence-corrected chi connectivity index (χ1v) is 11.7. The number of aryl methyl sites for hydroxylation is 1. The molecule has 0 amide bonds. The number of hydrogen-bond donors (Lipinski definition) is 1. The van der Waals surface area contributed by atoms with Gasteiger partial charge in [0.05, 0.1) is 5.52 Å². The molecule has 5 heteroatoms. The molecule has 1 heterocycles. The molecule has 2 atom stereocenters. The van der Waals surface area contributed by atoms with Gasteiger partial charge in [-0.1, -0.05) is 25.1 Å². The molecule has 2 aromatic carbocycles. The molecule has 0 radical (unpaired) electrons. The number of rotatable bonds is 3. The minimum absolute atomic E-state index is 0.397. The van der Waals surface area contributed by atoms with Gasteiger partial charge in [0.25, 0.3) is 0 Å². The summed E-state index contributed by atoms with van der Waals surface area (Å²) in [6.45, 7) is 4.41. The maximum absolute atomic E-state index is 14.3. The van der Waals surface area contributed by atoms with Crippen molar-refractivity contribution in [3.05, 3.63) is 70.6 Å².